The molecular formula is C11H12ClFN2O. The lowest BCUT2D eigenvalue weighted by Gasteiger charge is -2.16. The van der Waals surface area contributed by atoms with Crippen molar-refractivity contribution in [2.45, 2.75) is 19.3 Å². The minimum Gasteiger partial charge on any atom is -0.440 e. The summed E-state index contributed by atoms with van der Waals surface area (Å²) in [4.78, 5) is 4.26. The molecule has 0 amide bonds. The second-order valence-corrected chi connectivity index (χ2v) is 4.75. The number of benzene rings is 1. The highest BCUT2D eigenvalue weighted by Crippen LogP contribution is 2.28. The number of nitrogens with zero attached hydrogens (tertiary/aromatic N) is 1. The second-order valence-electron chi connectivity index (χ2n) is 4.34. The lowest BCUT2D eigenvalue weighted by molar-refractivity contribution is 0.390. The van der Waals surface area contributed by atoms with Gasteiger partial charge in [0.1, 0.15) is 11.3 Å². The van der Waals surface area contributed by atoms with Crippen LogP contribution >= 0.6 is 11.6 Å². The summed E-state index contributed by atoms with van der Waals surface area (Å²) < 4.78 is 18.7. The average Bonchev–Trinajstić information content (AvgIpc) is 2.62. The van der Waals surface area contributed by atoms with Crippen molar-refractivity contribution in [2.24, 2.45) is 5.73 Å². The van der Waals surface area contributed by atoms with Crippen molar-refractivity contribution < 1.29 is 8.81 Å². The van der Waals surface area contributed by atoms with E-state index in [2.05, 4.69) is 4.98 Å². The van der Waals surface area contributed by atoms with Gasteiger partial charge in [0, 0.05) is 12.6 Å². The molecule has 2 rings (SSSR count). The highest BCUT2D eigenvalue weighted by Gasteiger charge is 2.25. The van der Waals surface area contributed by atoms with Gasteiger partial charge in [0.05, 0.1) is 10.4 Å². The van der Waals surface area contributed by atoms with Crippen molar-refractivity contribution in [3.05, 3.63) is 28.9 Å². The van der Waals surface area contributed by atoms with Crippen LogP contribution in [-0.2, 0) is 5.41 Å². The SMILES string of the molecule is CC(C)(CN)c1nc2cc(Cl)c(F)cc2o1. The number of halogens is 2. The smallest absolute Gasteiger partial charge is 0.202 e. The quantitative estimate of drug-likeness (QED) is 0.881. The van der Waals surface area contributed by atoms with Crippen LogP contribution in [0.3, 0.4) is 0 Å². The van der Waals surface area contributed by atoms with Crippen LogP contribution < -0.4 is 5.73 Å². The molecule has 5 heteroatoms. The molecule has 0 bridgehead atoms. The molecule has 0 spiro atoms. The number of rotatable bonds is 2. The fourth-order valence-corrected chi connectivity index (χ4v) is 1.46. The average molecular weight is 243 g/mol. The second kappa shape index (κ2) is 3.71. The van der Waals surface area contributed by atoms with Crippen molar-refractivity contribution >= 4 is 22.7 Å². The van der Waals surface area contributed by atoms with E-state index in [1.165, 1.54) is 12.1 Å². The largest absolute Gasteiger partial charge is 0.440 e. The highest BCUT2D eigenvalue weighted by molar-refractivity contribution is 6.31. The molecule has 0 radical (unpaired) electrons. The monoisotopic (exact) mass is 242 g/mol. The summed E-state index contributed by atoms with van der Waals surface area (Å²) in [6.45, 7) is 4.22. The van der Waals surface area contributed by atoms with Gasteiger partial charge in [-0.1, -0.05) is 11.6 Å². The Labute approximate surface area is 97.4 Å². The zero-order chi connectivity index (χ0) is 11.9. The Morgan fingerprint density at radius 1 is 1.50 bits per heavy atom. The van der Waals surface area contributed by atoms with Crippen LogP contribution in [0.25, 0.3) is 11.1 Å². The van der Waals surface area contributed by atoms with Crippen molar-refractivity contribution in [2.75, 3.05) is 6.54 Å². The molecule has 0 fully saturated rings. The zero-order valence-electron chi connectivity index (χ0n) is 9.05. The summed E-state index contributed by atoms with van der Waals surface area (Å²) in [5, 5.41) is 0.0397. The maximum Gasteiger partial charge on any atom is 0.202 e. The molecule has 86 valence electrons. The van der Waals surface area contributed by atoms with Crippen LogP contribution in [0.2, 0.25) is 5.02 Å². The number of aromatic nitrogens is 1. The maximum absolute atomic E-state index is 13.2. The van der Waals surface area contributed by atoms with Crippen LogP contribution in [0.15, 0.2) is 16.5 Å². The first-order chi connectivity index (χ1) is 7.44. The Kier molecular flexibility index (Phi) is 2.64. The first kappa shape index (κ1) is 11.4. The zero-order valence-corrected chi connectivity index (χ0v) is 9.81. The third-order valence-electron chi connectivity index (χ3n) is 2.52. The van der Waals surface area contributed by atoms with Gasteiger partial charge in [0.15, 0.2) is 5.58 Å². The van der Waals surface area contributed by atoms with Gasteiger partial charge >= 0.3 is 0 Å². The van der Waals surface area contributed by atoms with Gasteiger partial charge in [-0.05, 0) is 19.9 Å². The fraction of sp³-hybridized carbons (Fsp3) is 0.364. The third kappa shape index (κ3) is 1.79. The molecule has 3 nitrogen and oxygen atoms in total. The van der Waals surface area contributed by atoms with Gasteiger partial charge in [-0.25, -0.2) is 9.37 Å². The minimum atomic E-state index is -0.512. The molecule has 0 aliphatic heterocycles. The van der Waals surface area contributed by atoms with E-state index in [1.807, 2.05) is 13.8 Å². The summed E-state index contributed by atoms with van der Waals surface area (Å²) in [6.07, 6.45) is 0. The summed E-state index contributed by atoms with van der Waals surface area (Å²) in [7, 11) is 0. The van der Waals surface area contributed by atoms with Gasteiger partial charge in [-0.15, -0.1) is 0 Å². The van der Waals surface area contributed by atoms with Crippen molar-refractivity contribution in [3.8, 4) is 0 Å². The number of hydrogen-bond acceptors (Lipinski definition) is 3. The van der Waals surface area contributed by atoms with Gasteiger partial charge < -0.3 is 10.2 Å². The highest BCUT2D eigenvalue weighted by atomic mass is 35.5. The Morgan fingerprint density at radius 2 is 2.19 bits per heavy atom. The molecule has 0 saturated carbocycles. The standard InChI is InChI=1S/C11H12ClFN2O/c1-11(2,5-14)10-15-8-3-6(12)7(13)4-9(8)16-10/h3-4H,5,14H2,1-2H3. The Hall–Kier alpha value is -1.13. The maximum atomic E-state index is 13.2. The first-order valence-corrected chi connectivity index (χ1v) is 5.28. The van der Waals surface area contributed by atoms with Crippen LogP contribution in [-0.4, -0.2) is 11.5 Å². The minimum absolute atomic E-state index is 0.0397. The lowest BCUT2D eigenvalue weighted by Crippen LogP contribution is -2.28. The number of fused-ring (bicyclic) bond motifs is 1. The van der Waals surface area contributed by atoms with E-state index in [4.69, 9.17) is 21.8 Å². The summed E-state index contributed by atoms with van der Waals surface area (Å²) in [6, 6.07) is 2.69. The lowest BCUT2D eigenvalue weighted by atomic mass is 9.94. The molecule has 0 aliphatic rings. The topological polar surface area (TPSA) is 52.0 Å². The van der Waals surface area contributed by atoms with Crippen molar-refractivity contribution in [3.63, 3.8) is 0 Å². The van der Waals surface area contributed by atoms with E-state index in [1.54, 1.807) is 0 Å². The van der Waals surface area contributed by atoms with Gasteiger partial charge in [0.25, 0.3) is 0 Å². The van der Waals surface area contributed by atoms with E-state index in [0.717, 1.165) is 0 Å². The van der Waals surface area contributed by atoms with E-state index < -0.39 is 5.82 Å². The number of oxazole rings is 1. The fourth-order valence-electron chi connectivity index (χ4n) is 1.30. The van der Waals surface area contributed by atoms with E-state index in [9.17, 15) is 4.39 Å². The first-order valence-electron chi connectivity index (χ1n) is 4.90. The van der Waals surface area contributed by atoms with Gasteiger partial charge in [0.2, 0.25) is 5.89 Å². The van der Waals surface area contributed by atoms with Crippen LogP contribution in [0.4, 0.5) is 4.39 Å². The van der Waals surface area contributed by atoms with Gasteiger partial charge in [-0.2, -0.15) is 0 Å². The summed E-state index contributed by atoms with van der Waals surface area (Å²) >= 11 is 5.66. The molecule has 0 atom stereocenters. The summed E-state index contributed by atoms with van der Waals surface area (Å²) in [5.41, 5.74) is 6.18. The van der Waals surface area contributed by atoms with E-state index in [-0.39, 0.29) is 10.4 Å². The predicted octanol–water partition coefficient (Wildman–Crippen LogP) is 2.86. The predicted molar refractivity (Wildman–Crippen MR) is 61.1 cm³/mol. The van der Waals surface area contributed by atoms with Gasteiger partial charge in [-0.3, -0.25) is 0 Å². The molecule has 0 unspecified atom stereocenters. The molecule has 1 aromatic heterocycles. The van der Waals surface area contributed by atoms with Crippen LogP contribution in [0.5, 0.6) is 0 Å². The third-order valence-corrected chi connectivity index (χ3v) is 2.81. The molecule has 0 saturated heterocycles. The molecule has 1 aromatic carbocycles. The molecule has 1 heterocycles. The Bertz CT molecular complexity index is 497. The van der Waals surface area contributed by atoms with E-state index in [0.29, 0.717) is 23.5 Å². The van der Waals surface area contributed by atoms with Crippen molar-refractivity contribution in [1.29, 1.82) is 0 Å². The normalized spacial score (nSPS) is 12.3. The summed E-state index contributed by atoms with van der Waals surface area (Å²) in [5.74, 6) is -0.0194. The van der Waals surface area contributed by atoms with E-state index >= 15 is 0 Å². The number of hydrogen-bond donors (Lipinski definition) is 1. The molecule has 16 heavy (non-hydrogen) atoms. The van der Waals surface area contributed by atoms with Crippen LogP contribution in [0, 0.1) is 5.82 Å². The Balaban J connectivity index is 2.61. The molecular weight excluding hydrogens is 231 g/mol. The Morgan fingerprint density at radius 3 is 2.81 bits per heavy atom. The molecule has 0 aliphatic carbocycles. The number of nitrogens with two attached hydrogens (primary N) is 1. The molecule has 2 N–H and O–H groups in total. The van der Waals surface area contributed by atoms with Crippen molar-refractivity contribution in [1.82, 2.24) is 4.98 Å². The molecule has 2 aromatic rings. The van der Waals surface area contributed by atoms with Crippen LogP contribution in [0.1, 0.15) is 19.7 Å².